The lowest BCUT2D eigenvalue weighted by atomic mass is 10.1. The third-order valence-corrected chi connectivity index (χ3v) is 3.93. The van der Waals surface area contributed by atoms with E-state index >= 15 is 0 Å². The van der Waals surface area contributed by atoms with Gasteiger partial charge in [0, 0.05) is 10.5 Å². The van der Waals surface area contributed by atoms with E-state index in [1.807, 2.05) is 0 Å². The van der Waals surface area contributed by atoms with Crippen LogP contribution >= 0.6 is 11.8 Å². The Labute approximate surface area is 113 Å². The van der Waals surface area contributed by atoms with Crippen LogP contribution in [0.2, 0.25) is 0 Å². The number of ketones is 1. The van der Waals surface area contributed by atoms with Crippen molar-refractivity contribution in [2.45, 2.75) is 24.0 Å². The minimum atomic E-state index is -1.01. The number of hydrogen-bond acceptors (Lipinski definition) is 3. The standard InChI is InChI=1S/C14H12F2O2S/c1-8-13(5-6-18-8)19-9(2)14(17)10-3-4-11(15)12(16)7-10/h3-7,9H,1-2H3. The van der Waals surface area contributed by atoms with Crippen molar-refractivity contribution in [2.24, 2.45) is 0 Å². The van der Waals surface area contributed by atoms with Gasteiger partial charge in [-0.2, -0.15) is 0 Å². The van der Waals surface area contributed by atoms with Gasteiger partial charge in [-0.1, -0.05) is 0 Å². The number of benzene rings is 1. The predicted octanol–water partition coefficient (Wildman–Crippen LogP) is 4.23. The van der Waals surface area contributed by atoms with Gasteiger partial charge in [-0.25, -0.2) is 8.78 Å². The van der Waals surface area contributed by atoms with E-state index in [2.05, 4.69) is 0 Å². The SMILES string of the molecule is Cc1occc1SC(C)C(=O)c1ccc(F)c(F)c1. The highest BCUT2D eigenvalue weighted by atomic mass is 32.2. The van der Waals surface area contributed by atoms with Crippen molar-refractivity contribution < 1.29 is 18.0 Å². The lowest BCUT2D eigenvalue weighted by Gasteiger charge is -2.09. The Hall–Kier alpha value is -1.62. The van der Waals surface area contributed by atoms with Crippen LogP contribution in [0.5, 0.6) is 0 Å². The van der Waals surface area contributed by atoms with E-state index in [1.165, 1.54) is 17.8 Å². The minimum Gasteiger partial charge on any atom is -0.468 e. The van der Waals surface area contributed by atoms with Crippen molar-refractivity contribution in [3.05, 3.63) is 53.5 Å². The topological polar surface area (TPSA) is 30.2 Å². The molecule has 0 aliphatic rings. The first-order valence-electron chi connectivity index (χ1n) is 5.69. The third kappa shape index (κ3) is 3.04. The van der Waals surface area contributed by atoms with Gasteiger partial charge < -0.3 is 4.42 Å². The Kier molecular flexibility index (Phi) is 4.04. The predicted molar refractivity (Wildman–Crippen MR) is 69.5 cm³/mol. The average Bonchev–Trinajstić information content (AvgIpc) is 2.77. The average molecular weight is 282 g/mol. The molecule has 2 aromatic rings. The van der Waals surface area contributed by atoms with Crippen LogP contribution in [-0.2, 0) is 0 Å². The van der Waals surface area contributed by atoms with E-state index in [4.69, 9.17) is 4.42 Å². The van der Waals surface area contributed by atoms with Gasteiger partial charge in [0.15, 0.2) is 17.4 Å². The Morgan fingerprint density at radius 1 is 1.26 bits per heavy atom. The van der Waals surface area contributed by atoms with E-state index in [0.717, 1.165) is 22.8 Å². The highest BCUT2D eigenvalue weighted by molar-refractivity contribution is 8.00. The van der Waals surface area contributed by atoms with Crippen LogP contribution in [0.1, 0.15) is 23.0 Å². The summed E-state index contributed by atoms with van der Waals surface area (Å²) in [6, 6.07) is 4.95. The quantitative estimate of drug-likeness (QED) is 0.621. The molecule has 0 fully saturated rings. The Morgan fingerprint density at radius 3 is 2.58 bits per heavy atom. The normalized spacial score (nSPS) is 12.4. The summed E-state index contributed by atoms with van der Waals surface area (Å²) in [6.07, 6.45) is 1.55. The summed E-state index contributed by atoms with van der Waals surface area (Å²) in [5.74, 6) is -1.48. The summed E-state index contributed by atoms with van der Waals surface area (Å²) in [6.45, 7) is 3.53. The summed E-state index contributed by atoms with van der Waals surface area (Å²) < 4.78 is 31.1. The Balaban J connectivity index is 2.15. The largest absolute Gasteiger partial charge is 0.468 e. The fraction of sp³-hybridized carbons (Fsp3) is 0.214. The zero-order chi connectivity index (χ0) is 14.0. The summed E-state index contributed by atoms with van der Waals surface area (Å²) in [4.78, 5) is 13.0. The molecular formula is C14H12F2O2S. The molecule has 1 aromatic heterocycles. The number of Topliss-reactive ketones (excluding diaryl/α,β-unsaturated/α-hetero) is 1. The smallest absolute Gasteiger partial charge is 0.175 e. The molecule has 0 saturated heterocycles. The van der Waals surface area contributed by atoms with Crippen LogP contribution in [0.4, 0.5) is 8.78 Å². The molecule has 19 heavy (non-hydrogen) atoms. The fourth-order valence-electron chi connectivity index (χ4n) is 1.62. The first kappa shape index (κ1) is 13.8. The molecule has 0 saturated carbocycles. The zero-order valence-corrected chi connectivity index (χ0v) is 11.3. The second-order valence-electron chi connectivity index (χ2n) is 4.09. The first-order valence-corrected chi connectivity index (χ1v) is 6.57. The van der Waals surface area contributed by atoms with Crippen LogP contribution < -0.4 is 0 Å². The van der Waals surface area contributed by atoms with Crippen LogP contribution in [0.15, 0.2) is 39.8 Å². The summed E-state index contributed by atoms with van der Waals surface area (Å²) in [7, 11) is 0. The van der Waals surface area contributed by atoms with E-state index in [0.29, 0.717) is 0 Å². The second-order valence-corrected chi connectivity index (χ2v) is 5.48. The molecule has 100 valence electrons. The number of halogens is 2. The maximum Gasteiger partial charge on any atom is 0.175 e. The molecule has 1 aromatic carbocycles. The van der Waals surface area contributed by atoms with Gasteiger partial charge in [0.05, 0.1) is 11.5 Å². The molecular weight excluding hydrogens is 270 g/mol. The van der Waals surface area contributed by atoms with Crippen LogP contribution in [0.3, 0.4) is 0 Å². The molecule has 0 bridgehead atoms. The van der Waals surface area contributed by atoms with Gasteiger partial charge in [-0.3, -0.25) is 4.79 Å². The van der Waals surface area contributed by atoms with Gasteiger partial charge in [0.25, 0.3) is 0 Å². The number of rotatable bonds is 4. The number of furan rings is 1. The summed E-state index contributed by atoms with van der Waals surface area (Å²) >= 11 is 1.33. The van der Waals surface area contributed by atoms with Gasteiger partial charge in [0.1, 0.15) is 5.76 Å². The molecule has 0 aliphatic heterocycles. The molecule has 0 spiro atoms. The zero-order valence-electron chi connectivity index (χ0n) is 10.4. The number of hydrogen-bond donors (Lipinski definition) is 0. The van der Waals surface area contributed by atoms with Crippen molar-refractivity contribution >= 4 is 17.5 Å². The highest BCUT2D eigenvalue weighted by Crippen LogP contribution is 2.29. The van der Waals surface area contributed by atoms with E-state index in [1.54, 1.807) is 26.2 Å². The number of carbonyl (C=O) groups excluding carboxylic acids is 1. The maximum absolute atomic E-state index is 13.1. The molecule has 2 nitrogen and oxygen atoms in total. The van der Waals surface area contributed by atoms with Crippen molar-refractivity contribution in [1.82, 2.24) is 0 Å². The summed E-state index contributed by atoms with van der Waals surface area (Å²) in [5, 5.41) is -0.402. The molecule has 1 unspecified atom stereocenters. The maximum atomic E-state index is 13.1. The van der Waals surface area contributed by atoms with E-state index in [9.17, 15) is 13.6 Å². The third-order valence-electron chi connectivity index (χ3n) is 2.69. The van der Waals surface area contributed by atoms with Crippen molar-refractivity contribution in [3.63, 3.8) is 0 Å². The number of carbonyl (C=O) groups is 1. The van der Waals surface area contributed by atoms with Crippen LogP contribution in [0, 0.1) is 18.6 Å². The molecule has 2 rings (SSSR count). The van der Waals surface area contributed by atoms with Crippen LogP contribution in [0.25, 0.3) is 0 Å². The second kappa shape index (κ2) is 5.57. The summed E-state index contributed by atoms with van der Waals surface area (Å²) in [5.41, 5.74) is 0.167. The van der Waals surface area contributed by atoms with E-state index in [-0.39, 0.29) is 11.3 Å². The minimum absolute atomic E-state index is 0.167. The Morgan fingerprint density at radius 2 is 2.00 bits per heavy atom. The lowest BCUT2D eigenvalue weighted by Crippen LogP contribution is -2.13. The molecule has 0 N–H and O–H groups in total. The van der Waals surface area contributed by atoms with Crippen molar-refractivity contribution in [2.75, 3.05) is 0 Å². The van der Waals surface area contributed by atoms with Gasteiger partial charge in [-0.15, -0.1) is 11.8 Å². The van der Waals surface area contributed by atoms with E-state index < -0.39 is 16.9 Å². The molecule has 1 heterocycles. The highest BCUT2D eigenvalue weighted by Gasteiger charge is 2.19. The van der Waals surface area contributed by atoms with Gasteiger partial charge in [0.2, 0.25) is 0 Å². The van der Waals surface area contributed by atoms with Crippen LogP contribution in [-0.4, -0.2) is 11.0 Å². The number of thioether (sulfide) groups is 1. The Bertz CT molecular complexity index is 607. The van der Waals surface area contributed by atoms with Crippen molar-refractivity contribution in [3.8, 4) is 0 Å². The monoisotopic (exact) mass is 282 g/mol. The molecule has 1 atom stereocenters. The fourth-order valence-corrected chi connectivity index (χ4v) is 2.60. The molecule has 0 radical (unpaired) electrons. The van der Waals surface area contributed by atoms with Crippen molar-refractivity contribution in [1.29, 1.82) is 0 Å². The molecule has 0 amide bonds. The van der Waals surface area contributed by atoms with Gasteiger partial charge in [-0.05, 0) is 38.1 Å². The lowest BCUT2D eigenvalue weighted by molar-refractivity contribution is 0.0993. The number of aryl methyl sites for hydroxylation is 1. The first-order chi connectivity index (χ1) is 8.99. The van der Waals surface area contributed by atoms with Gasteiger partial charge >= 0.3 is 0 Å². The molecule has 0 aliphatic carbocycles. The molecule has 5 heteroatoms.